The number of carbonyl (C=O) groups is 3. The molecule has 62 heavy (non-hydrogen) atoms. The molecule has 3 aliphatic heterocycles. The zero-order valence-electron chi connectivity index (χ0n) is 37.8. The molecular weight excluding hydrogens is 789 g/mol. The first kappa shape index (κ1) is 43.8. The van der Waals surface area contributed by atoms with Crippen LogP contribution in [0.25, 0.3) is 33.6 Å². The molecule has 3 aromatic heterocycles. The van der Waals surface area contributed by atoms with Crippen LogP contribution < -0.4 is 15.6 Å². The molecule has 2 N–H and O–H groups in total. The van der Waals surface area contributed by atoms with Crippen LogP contribution >= 0.6 is 0 Å². The number of hydrogen-bond donors (Lipinski definition) is 2. The lowest BCUT2D eigenvalue weighted by molar-refractivity contribution is -0.156. The third-order valence-electron chi connectivity index (χ3n) is 13.6. The average molecular weight is 853 g/mol. The van der Waals surface area contributed by atoms with E-state index in [0.29, 0.717) is 43.9 Å². The number of hydrogen-bond acceptors (Lipinski definition) is 12. The van der Waals surface area contributed by atoms with Crippen molar-refractivity contribution in [1.82, 2.24) is 35.2 Å². The molecule has 1 unspecified atom stereocenters. The van der Waals surface area contributed by atoms with E-state index in [0.717, 1.165) is 70.8 Å². The summed E-state index contributed by atoms with van der Waals surface area (Å²) in [6.45, 7) is 19.5. The summed E-state index contributed by atoms with van der Waals surface area (Å²) in [7, 11) is 3.87. The summed E-state index contributed by atoms with van der Waals surface area (Å²) >= 11 is 0. The van der Waals surface area contributed by atoms with E-state index >= 15 is 0 Å². The number of oxazole rings is 1. The third-order valence-corrected chi connectivity index (χ3v) is 13.6. The Kier molecular flexibility index (Phi) is 12.5. The van der Waals surface area contributed by atoms with Gasteiger partial charge in [0.1, 0.15) is 30.1 Å². The molecule has 3 fully saturated rings. The van der Waals surface area contributed by atoms with Gasteiger partial charge in [-0.3, -0.25) is 24.4 Å². The van der Waals surface area contributed by atoms with Gasteiger partial charge in [-0.2, -0.15) is 0 Å². The molecule has 6 heterocycles. The number of ether oxygens (including phenoxy) is 3. The summed E-state index contributed by atoms with van der Waals surface area (Å²) in [4.78, 5) is 57.1. The summed E-state index contributed by atoms with van der Waals surface area (Å²) in [5, 5.41) is 5.50. The Balaban J connectivity index is 1.29. The third kappa shape index (κ3) is 8.48. The highest BCUT2D eigenvalue weighted by Crippen LogP contribution is 2.46. The van der Waals surface area contributed by atoms with E-state index in [-0.39, 0.29) is 43.0 Å². The van der Waals surface area contributed by atoms with Crippen LogP contribution in [0, 0.1) is 23.2 Å². The lowest BCUT2D eigenvalue weighted by Gasteiger charge is -2.37. The van der Waals surface area contributed by atoms with Crippen molar-refractivity contribution >= 4 is 34.4 Å². The maximum atomic E-state index is 14.6. The van der Waals surface area contributed by atoms with Crippen LogP contribution in [0.3, 0.4) is 0 Å². The largest absolute Gasteiger partial charge is 0.464 e. The van der Waals surface area contributed by atoms with Gasteiger partial charge in [0.05, 0.1) is 36.0 Å². The van der Waals surface area contributed by atoms with Crippen molar-refractivity contribution in [3.8, 4) is 22.7 Å². The first-order chi connectivity index (χ1) is 29.7. The van der Waals surface area contributed by atoms with Gasteiger partial charge in [0.25, 0.3) is 5.91 Å². The van der Waals surface area contributed by atoms with E-state index in [1.807, 2.05) is 40.0 Å². The Labute approximate surface area is 364 Å². The van der Waals surface area contributed by atoms with Crippen LogP contribution in [0.2, 0.25) is 0 Å². The highest BCUT2D eigenvalue weighted by Gasteiger charge is 2.50. The highest BCUT2D eigenvalue weighted by molar-refractivity contribution is 5.95. The number of methoxy groups -OCH3 is 1. The topological polar surface area (TPSA) is 157 Å². The number of anilines is 1. The number of aromatic nitrogens is 3. The lowest BCUT2D eigenvalue weighted by Crippen LogP contribution is -2.61. The first-order valence-corrected chi connectivity index (χ1v) is 22.5. The second kappa shape index (κ2) is 17.7. The van der Waals surface area contributed by atoms with Gasteiger partial charge in [0, 0.05) is 86.3 Å². The summed E-state index contributed by atoms with van der Waals surface area (Å²) in [5.74, 6) is -0.529. The summed E-state index contributed by atoms with van der Waals surface area (Å²) < 4.78 is 27.0. The molecule has 0 radical (unpaired) electrons. The molecule has 2 amide bonds. The molecular formula is C47H64N8O7. The van der Waals surface area contributed by atoms with E-state index in [9.17, 15) is 14.4 Å². The number of fused-ring (bicyclic) bond motifs is 6. The minimum Gasteiger partial charge on any atom is -0.464 e. The number of pyridine rings is 1. The number of hydrazine groups is 1. The Bertz CT molecular complexity index is 2290. The number of benzene rings is 1. The quantitative estimate of drug-likeness (QED) is 0.192. The average Bonchev–Trinajstić information content (AvgIpc) is 3.54. The molecule has 1 saturated carbocycles. The van der Waals surface area contributed by atoms with Gasteiger partial charge in [0.2, 0.25) is 11.8 Å². The molecule has 334 valence electrons. The molecule has 2 saturated heterocycles. The van der Waals surface area contributed by atoms with Crippen LogP contribution in [0.4, 0.5) is 5.69 Å². The molecule has 0 spiro atoms. The number of aryl methyl sites for hydroxylation is 1. The Morgan fingerprint density at radius 1 is 1.08 bits per heavy atom. The molecule has 8 rings (SSSR count). The maximum Gasteiger partial charge on any atom is 0.324 e. The first-order valence-electron chi connectivity index (χ1n) is 22.5. The number of nitrogens with zero attached hydrogens (tertiary/aromatic N) is 6. The molecule has 15 nitrogen and oxygen atoms in total. The number of esters is 1. The normalized spacial score (nSPS) is 26.3. The van der Waals surface area contributed by atoms with Gasteiger partial charge in [0.15, 0.2) is 0 Å². The second-order valence-electron chi connectivity index (χ2n) is 18.5. The number of cyclic esters (lactones) is 1. The number of amides is 2. The van der Waals surface area contributed by atoms with Crippen molar-refractivity contribution in [3.05, 3.63) is 53.7 Å². The van der Waals surface area contributed by atoms with Crippen molar-refractivity contribution in [2.75, 3.05) is 65.0 Å². The molecule has 6 bridgehead atoms. The number of carbonyl (C=O) groups excluding carboxylic acids is 3. The summed E-state index contributed by atoms with van der Waals surface area (Å²) in [6.07, 6.45) is 3.86. The Hall–Kier alpha value is -4.83. The SMILES string of the molecule is CCO[C@@H]1c2coc(n2)-c2ccc3c(c2)c(c(-c2cc(N4CCN(C)CC4)cnc2[C@H](C)OC)n3CC)CC(C)(C)COC(=O)[C@@H]2CCCN(N2)C(=O)[C@H]1NC(=O)C1[C@@H](C)[C@H]1C. The van der Waals surface area contributed by atoms with Crippen LogP contribution in [0.5, 0.6) is 0 Å². The van der Waals surface area contributed by atoms with Crippen LogP contribution in [0.15, 0.2) is 41.1 Å². The zero-order valence-corrected chi connectivity index (χ0v) is 37.8. The molecule has 15 heteroatoms. The standard InChI is InChI=1S/C47H64N8O7/c1-10-54-37-15-14-30-21-32(37)34(41(54)33-22-31(24-48-39(33)29(5)59-9)53-19-17-52(8)18-20-53)23-47(6,7)26-62-46(58)35-13-12-16-55(51-35)45(57)40(50-43(56)38-27(3)28(38)4)42(60-11-2)36-25-61-44(30)49-36/h14-15,21-22,24-25,27-29,35,38,40,42,51H,10-13,16-20,23,26H2,1-9H3,(H,50,56)/t27-,28+,29-,35-,38?,40-,42+/m0/s1. The summed E-state index contributed by atoms with van der Waals surface area (Å²) in [5.41, 5.74) is 9.84. The second-order valence-corrected chi connectivity index (χ2v) is 18.5. The van der Waals surface area contributed by atoms with Gasteiger partial charge in [-0.1, -0.05) is 27.7 Å². The van der Waals surface area contributed by atoms with Crippen molar-refractivity contribution in [2.24, 2.45) is 23.2 Å². The Morgan fingerprint density at radius 3 is 2.53 bits per heavy atom. The molecule has 1 aromatic carbocycles. The van der Waals surface area contributed by atoms with Crippen molar-refractivity contribution in [2.45, 2.75) is 98.6 Å². The monoisotopic (exact) mass is 852 g/mol. The van der Waals surface area contributed by atoms with Crippen LogP contribution in [-0.4, -0.2) is 114 Å². The fourth-order valence-corrected chi connectivity index (χ4v) is 9.62. The molecule has 4 aromatic rings. The fraction of sp³-hybridized carbons (Fsp3) is 0.596. The van der Waals surface area contributed by atoms with Gasteiger partial charge in [-0.25, -0.2) is 10.4 Å². The molecule has 7 atom stereocenters. The highest BCUT2D eigenvalue weighted by atomic mass is 16.5. The van der Waals surface area contributed by atoms with Crippen molar-refractivity contribution in [1.29, 1.82) is 0 Å². The van der Waals surface area contributed by atoms with E-state index in [1.54, 1.807) is 7.11 Å². The Morgan fingerprint density at radius 2 is 1.84 bits per heavy atom. The number of piperazine rings is 1. The van der Waals surface area contributed by atoms with Gasteiger partial charge < -0.3 is 38.3 Å². The van der Waals surface area contributed by atoms with Gasteiger partial charge in [-0.05, 0) is 88.7 Å². The smallest absolute Gasteiger partial charge is 0.324 e. The maximum absolute atomic E-state index is 14.6. The minimum atomic E-state index is -1.14. The van der Waals surface area contributed by atoms with Crippen molar-refractivity contribution < 1.29 is 33.0 Å². The van der Waals surface area contributed by atoms with Crippen LogP contribution in [0.1, 0.15) is 90.5 Å². The molecule has 1 aliphatic carbocycles. The van der Waals surface area contributed by atoms with Crippen LogP contribution in [-0.2, 0) is 41.6 Å². The molecule has 4 aliphatic rings. The van der Waals surface area contributed by atoms with E-state index in [4.69, 9.17) is 28.6 Å². The summed E-state index contributed by atoms with van der Waals surface area (Å²) in [6, 6.07) is 6.61. The predicted octanol–water partition coefficient (Wildman–Crippen LogP) is 5.92. The van der Waals surface area contributed by atoms with Gasteiger partial charge >= 0.3 is 5.97 Å². The number of nitrogens with one attached hydrogen (secondary N) is 2. The van der Waals surface area contributed by atoms with E-state index in [1.165, 1.54) is 11.3 Å². The van der Waals surface area contributed by atoms with Gasteiger partial charge in [-0.15, -0.1) is 0 Å². The lowest BCUT2D eigenvalue weighted by atomic mass is 9.84. The zero-order chi connectivity index (χ0) is 44.0. The predicted molar refractivity (Wildman–Crippen MR) is 236 cm³/mol. The van der Waals surface area contributed by atoms with E-state index < -0.39 is 35.5 Å². The fourth-order valence-electron chi connectivity index (χ4n) is 9.62. The number of likely N-dealkylation sites (N-methyl/N-ethyl adjacent to an activating group) is 1. The van der Waals surface area contributed by atoms with E-state index in [2.05, 4.69) is 71.1 Å². The number of rotatable bonds is 9. The minimum absolute atomic E-state index is 0.142. The van der Waals surface area contributed by atoms with Crippen molar-refractivity contribution in [3.63, 3.8) is 0 Å².